The molecule has 0 fully saturated rings. The standard InChI is InChI=1S/C35H38N2O8S/c1-22(2)18-30(31(35(40)37-41)20-24-8-11-25-6-4-5-7-27(25)19-24)34(39)36-32(33(38)26-12-14-28(45-3)15-13-26)21-23-9-16-29(17-10-23)46(42,43)44/h4-17,19,22,30-32,41H,18,20-21H2,1-3H3,(H,36,39)(H,37,40)(H,42,43,44)/t30-,31?,32-/m0/s1. The van der Waals surface area contributed by atoms with Crippen LogP contribution in [0.25, 0.3) is 10.8 Å². The summed E-state index contributed by atoms with van der Waals surface area (Å²) < 4.78 is 37.7. The van der Waals surface area contributed by atoms with Crippen LogP contribution in [-0.2, 0) is 32.5 Å². The zero-order valence-corrected chi connectivity index (χ0v) is 26.7. The number of methoxy groups -OCH3 is 1. The Hall–Kier alpha value is -4.58. The molecule has 11 heteroatoms. The molecule has 0 saturated carbocycles. The highest BCUT2D eigenvalue weighted by molar-refractivity contribution is 7.85. The second kappa shape index (κ2) is 15.1. The molecule has 4 aromatic rings. The highest BCUT2D eigenvalue weighted by atomic mass is 32.2. The summed E-state index contributed by atoms with van der Waals surface area (Å²) in [7, 11) is -2.92. The molecule has 3 atom stereocenters. The number of hydroxylamine groups is 1. The second-order valence-corrected chi connectivity index (χ2v) is 13.1. The number of fused-ring (bicyclic) bond motifs is 1. The molecule has 4 rings (SSSR count). The molecule has 0 aliphatic rings. The number of amides is 2. The van der Waals surface area contributed by atoms with Gasteiger partial charge in [-0.05, 0) is 77.1 Å². The Balaban J connectivity index is 1.67. The van der Waals surface area contributed by atoms with E-state index in [0.29, 0.717) is 23.3 Å². The van der Waals surface area contributed by atoms with Gasteiger partial charge in [-0.2, -0.15) is 8.42 Å². The Labute approximate surface area is 268 Å². The number of carbonyl (C=O) groups excluding carboxylic acids is 3. The highest BCUT2D eigenvalue weighted by Gasteiger charge is 2.36. The number of rotatable bonds is 14. The maximum Gasteiger partial charge on any atom is 0.294 e. The van der Waals surface area contributed by atoms with Crippen molar-refractivity contribution in [3.05, 3.63) is 108 Å². The van der Waals surface area contributed by atoms with E-state index >= 15 is 0 Å². The predicted molar refractivity (Wildman–Crippen MR) is 173 cm³/mol. The van der Waals surface area contributed by atoms with E-state index in [9.17, 15) is 32.6 Å². The third-order valence-corrected chi connectivity index (χ3v) is 8.80. The largest absolute Gasteiger partial charge is 0.497 e. The fourth-order valence-electron chi connectivity index (χ4n) is 5.56. The topological polar surface area (TPSA) is 159 Å². The Morgan fingerprint density at radius 1 is 0.783 bits per heavy atom. The Kier molecular flexibility index (Phi) is 11.3. The van der Waals surface area contributed by atoms with Crippen LogP contribution in [0, 0.1) is 17.8 Å². The van der Waals surface area contributed by atoms with Crippen LogP contribution >= 0.6 is 0 Å². The first kappa shape index (κ1) is 34.3. The third kappa shape index (κ3) is 8.78. The molecule has 242 valence electrons. The lowest BCUT2D eigenvalue weighted by Gasteiger charge is -2.28. The minimum absolute atomic E-state index is 0.00169. The molecule has 1 unspecified atom stereocenters. The molecule has 0 aliphatic heterocycles. The van der Waals surface area contributed by atoms with E-state index in [-0.39, 0.29) is 23.7 Å². The number of hydrogen-bond acceptors (Lipinski definition) is 7. The molecule has 0 aromatic heterocycles. The van der Waals surface area contributed by atoms with E-state index < -0.39 is 45.6 Å². The zero-order chi connectivity index (χ0) is 33.4. The first-order chi connectivity index (χ1) is 21.9. The number of nitrogens with one attached hydrogen (secondary N) is 2. The number of ether oxygens (including phenoxy) is 1. The summed E-state index contributed by atoms with van der Waals surface area (Å²) in [4.78, 5) is 40.7. The van der Waals surface area contributed by atoms with Gasteiger partial charge in [0.2, 0.25) is 11.8 Å². The van der Waals surface area contributed by atoms with Crippen molar-refractivity contribution >= 4 is 38.5 Å². The minimum Gasteiger partial charge on any atom is -0.497 e. The maximum absolute atomic E-state index is 14.1. The lowest BCUT2D eigenvalue weighted by Crippen LogP contribution is -2.49. The van der Waals surface area contributed by atoms with Crippen molar-refractivity contribution in [3.63, 3.8) is 0 Å². The summed E-state index contributed by atoms with van der Waals surface area (Å²) in [6.45, 7) is 3.84. The second-order valence-electron chi connectivity index (χ2n) is 11.7. The summed E-state index contributed by atoms with van der Waals surface area (Å²) >= 11 is 0. The van der Waals surface area contributed by atoms with Crippen molar-refractivity contribution < 1.29 is 37.3 Å². The molecule has 0 saturated heterocycles. The zero-order valence-electron chi connectivity index (χ0n) is 25.8. The quantitative estimate of drug-likeness (QED) is 0.0643. The number of carbonyl (C=O) groups is 3. The van der Waals surface area contributed by atoms with Gasteiger partial charge < -0.3 is 10.1 Å². The third-order valence-electron chi connectivity index (χ3n) is 7.93. The fraction of sp³-hybridized carbons (Fsp3) is 0.286. The number of Topliss-reactive ketones (excluding diaryl/α,β-unsaturated/α-hetero) is 1. The van der Waals surface area contributed by atoms with Crippen molar-refractivity contribution in [1.29, 1.82) is 0 Å². The average molecular weight is 647 g/mol. The van der Waals surface area contributed by atoms with E-state index in [4.69, 9.17) is 4.74 Å². The molecular weight excluding hydrogens is 608 g/mol. The van der Waals surface area contributed by atoms with E-state index in [0.717, 1.165) is 16.3 Å². The molecule has 0 heterocycles. The Morgan fingerprint density at radius 3 is 2.00 bits per heavy atom. The molecule has 46 heavy (non-hydrogen) atoms. The first-order valence-corrected chi connectivity index (χ1v) is 16.3. The monoisotopic (exact) mass is 646 g/mol. The summed E-state index contributed by atoms with van der Waals surface area (Å²) in [6.07, 6.45) is 0.457. The highest BCUT2D eigenvalue weighted by Crippen LogP contribution is 2.28. The van der Waals surface area contributed by atoms with E-state index in [1.807, 2.05) is 56.3 Å². The van der Waals surface area contributed by atoms with Crippen molar-refractivity contribution in [2.75, 3.05) is 7.11 Å². The molecular formula is C35H38N2O8S. The summed E-state index contributed by atoms with van der Waals surface area (Å²) in [6, 6.07) is 24.2. The van der Waals surface area contributed by atoms with Gasteiger partial charge in [-0.15, -0.1) is 0 Å². The lowest BCUT2D eigenvalue weighted by molar-refractivity contribution is -0.141. The van der Waals surface area contributed by atoms with Crippen LogP contribution in [0.5, 0.6) is 5.75 Å². The summed E-state index contributed by atoms with van der Waals surface area (Å²) in [5.74, 6) is -2.99. The van der Waals surface area contributed by atoms with Crippen molar-refractivity contribution in [3.8, 4) is 5.75 Å². The number of benzene rings is 4. The smallest absolute Gasteiger partial charge is 0.294 e. The Morgan fingerprint density at radius 2 is 1.41 bits per heavy atom. The molecule has 0 spiro atoms. The number of ketones is 1. The van der Waals surface area contributed by atoms with E-state index in [1.165, 1.54) is 31.4 Å². The molecule has 2 amide bonds. The SMILES string of the molecule is COc1ccc(C(=O)[C@H](Cc2ccc(S(=O)(=O)O)cc2)NC(=O)[C@@H](CC(C)C)C(Cc2ccc3ccccc3c2)C(=O)NO)cc1. The van der Waals surface area contributed by atoms with E-state index in [2.05, 4.69) is 5.32 Å². The van der Waals surface area contributed by atoms with Gasteiger partial charge in [0.05, 0.1) is 29.9 Å². The van der Waals surface area contributed by atoms with Crippen LogP contribution in [0.4, 0.5) is 0 Å². The van der Waals surface area contributed by atoms with Gasteiger partial charge >= 0.3 is 0 Å². The molecule has 4 aromatic carbocycles. The van der Waals surface area contributed by atoms with Crippen LogP contribution in [0.15, 0.2) is 95.9 Å². The van der Waals surface area contributed by atoms with Crippen LogP contribution in [0.1, 0.15) is 41.8 Å². The number of hydrogen-bond donors (Lipinski definition) is 4. The van der Waals surface area contributed by atoms with Gasteiger partial charge in [-0.1, -0.05) is 68.4 Å². The maximum atomic E-state index is 14.1. The van der Waals surface area contributed by atoms with Crippen LogP contribution in [0.2, 0.25) is 0 Å². The van der Waals surface area contributed by atoms with Gasteiger partial charge in [0, 0.05) is 12.0 Å². The summed E-state index contributed by atoms with van der Waals surface area (Å²) in [5.41, 5.74) is 3.37. The van der Waals surface area contributed by atoms with E-state index in [1.54, 1.807) is 29.7 Å². The van der Waals surface area contributed by atoms with Crippen molar-refractivity contribution in [2.45, 2.75) is 44.0 Å². The minimum atomic E-state index is -4.42. The first-order valence-electron chi connectivity index (χ1n) is 14.9. The molecule has 0 aliphatic carbocycles. The summed E-state index contributed by atoms with van der Waals surface area (Å²) in [5, 5.41) is 14.6. The van der Waals surface area contributed by atoms with Gasteiger partial charge in [0.15, 0.2) is 5.78 Å². The Bertz CT molecular complexity index is 1790. The molecule has 4 N–H and O–H groups in total. The molecule has 0 radical (unpaired) electrons. The normalized spacial score (nSPS) is 13.5. The molecule has 10 nitrogen and oxygen atoms in total. The molecule has 0 bridgehead atoms. The van der Waals surface area contributed by atoms with Crippen molar-refractivity contribution in [2.24, 2.45) is 17.8 Å². The van der Waals surface area contributed by atoms with Crippen LogP contribution in [0.3, 0.4) is 0 Å². The predicted octanol–water partition coefficient (Wildman–Crippen LogP) is 5.03. The lowest BCUT2D eigenvalue weighted by atomic mass is 9.80. The van der Waals surface area contributed by atoms with Crippen LogP contribution in [-0.4, -0.2) is 48.9 Å². The van der Waals surface area contributed by atoms with Gasteiger partial charge in [0.1, 0.15) is 5.75 Å². The average Bonchev–Trinajstić information content (AvgIpc) is 3.05. The van der Waals surface area contributed by atoms with Crippen molar-refractivity contribution in [1.82, 2.24) is 10.8 Å². The fourth-order valence-corrected chi connectivity index (χ4v) is 6.04. The van der Waals surface area contributed by atoms with Crippen LogP contribution < -0.4 is 15.5 Å². The van der Waals surface area contributed by atoms with Gasteiger partial charge in [-0.25, -0.2) is 5.48 Å². The van der Waals surface area contributed by atoms with Gasteiger partial charge in [0.25, 0.3) is 10.1 Å². The van der Waals surface area contributed by atoms with Gasteiger partial charge in [-0.3, -0.25) is 24.1 Å².